The van der Waals surface area contributed by atoms with Gasteiger partial charge in [0.25, 0.3) is 0 Å². The maximum absolute atomic E-state index is 11.3. The van der Waals surface area contributed by atoms with Crippen LogP contribution < -0.4 is 4.74 Å². The Morgan fingerprint density at radius 2 is 2.24 bits per heavy atom. The average molecular weight is 348 g/mol. The fraction of sp³-hybridized carbons (Fsp3) is 0.556. The van der Waals surface area contributed by atoms with E-state index in [9.17, 15) is 9.90 Å². The number of β-amino-alcohol motifs (C(OH)–C–C–N with tert-alkyl or cyclic N) is 1. The minimum Gasteiger partial charge on any atom is -0.491 e. The summed E-state index contributed by atoms with van der Waals surface area (Å²) in [4.78, 5) is 13.4. The molecule has 1 N–H and O–H groups in total. The van der Waals surface area contributed by atoms with Crippen LogP contribution in [0.5, 0.6) is 5.75 Å². The number of morpholine rings is 1. The molecule has 136 valence electrons. The van der Waals surface area contributed by atoms with Gasteiger partial charge in [-0.15, -0.1) is 0 Å². The fourth-order valence-corrected chi connectivity index (χ4v) is 2.68. The Kier molecular flexibility index (Phi) is 7.67. The van der Waals surface area contributed by atoms with E-state index in [-0.39, 0.29) is 25.1 Å². The largest absolute Gasteiger partial charge is 0.491 e. The molecular weight excluding hydrogens is 324 g/mol. The van der Waals surface area contributed by atoms with Gasteiger partial charge < -0.3 is 19.3 Å². The lowest BCUT2D eigenvalue weighted by Gasteiger charge is -2.33. The molecule has 0 aliphatic carbocycles. The number of hydrogen-bond donors (Lipinski definition) is 1. The van der Waals surface area contributed by atoms with Crippen LogP contribution in [0.1, 0.15) is 12.0 Å². The number of esters is 1. The fourth-order valence-electron chi connectivity index (χ4n) is 2.68. The minimum absolute atomic E-state index is 0.177. The van der Waals surface area contributed by atoms with Crippen molar-refractivity contribution in [1.82, 2.24) is 4.90 Å². The van der Waals surface area contributed by atoms with E-state index in [4.69, 9.17) is 14.7 Å². The number of nitrogens with zero attached hydrogens (tertiary/aromatic N) is 2. The summed E-state index contributed by atoms with van der Waals surface area (Å²) in [5.41, 5.74) is 0.931. The van der Waals surface area contributed by atoms with E-state index in [0.717, 1.165) is 5.56 Å². The van der Waals surface area contributed by atoms with Gasteiger partial charge in [-0.1, -0.05) is 12.1 Å². The van der Waals surface area contributed by atoms with Crippen molar-refractivity contribution in [2.24, 2.45) is 0 Å². The number of methoxy groups -OCH3 is 1. The Hall–Kier alpha value is -2.14. The molecule has 1 aliphatic heterocycles. The third-order valence-electron chi connectivity index (χ3n) is 3.96. The maximum Gasteiger partial charge on any atom is 0.308 e. The summed E-state index contributed by atoms with van der Waals surface area (Å²) in [6, 6.07) is 9.35. The highest BCUT2D eigenvalue weighted by Crippen LogP contribution is 2.14. The number of ether oxygens (including phenoxy) is 3. The third kappa shape index (κ3) is 6.70. The quantitative estimate of drug-likeness (QED) is 0.693. The lowest BCUT2D eigenvalue weighted by Crippen LogP contribution is -2.47. The summed E-state index contributed by atoms with van der Waals surface area (Å²) in [6.07, 6.45) is -0.265. The van der Waals surface area contributed by atoms with Crippen LogP contribution in [0.25, 0.3) is 0 Å². The summed E-state index contributed by atoms with van der Waals surface area (Å²) in [5.74, 6) is 0.363. The van der Waals surface area contributed by atoms with Crippen LogP contribution in [-0.2, 0) is 20.7 Å². The van der Waals surface area contributed by atoms with Gasteiger partial charge >= 0.3 is 5.97 Å². The molecule has 1 aliphatic rings. The van der Waals surface area contributed by atoms with Gasteiger partial charge in [-0.05, 0) is 17.7 Å². The lowest BCUT2D eigenvalue weighted by atomic mass is 10.2. The molecule has 0 spiro atoms. The van der Waals surface area contributed by atoms with E-state index in [2.05, 4.69) is 15.7 Å². The Morgan fingerprint density at radius 1 is 1.48 bits per heavy atom. The molecule has 0 radical (unpaired) electrons. The van der Waals surface area contributed by atoms with E-state index in [0.29, 0.717) is 38.4 Å². The van der Waals surface area contributed by atoms with Crippen molar-refractivity contribution in [3.05, 3.63) is 29.8 Å². The van der Waals surface area contributed by atoms with Crippen molar-refractivity contribution in [2.75, 3.05) is 40.0 Å². The Labute approximate surface area is 147 Å². The predicted molar refractivity (Wildman–Crippen MR) is 90.1 cm³/mol. The zero-order chi connectivity index (χ0) is 18.1. The number of nitriles is 1. The van der Waals surface area contributed by atoms with Crippen LogP contribution in [0.4, 0.5) is 0 Å². The van der Waals surface area contributed by atoms with Gasteiger partial charge in [0.05, 0.1) is 38.7 Å². The van der Waals surface area contributed by atoms with Gasteiger partial charge in [0.2, 0.25) is 0 Å². The van der Waals surface area contributed by atoms with Crippen LogP contribution in [-0.4, -0.2) is 68.1 Å². The molecule has 1 saturated heterocycles. The van der Waals surface area contributed by atoms with Crippen LogP contribution in [0.3, 0.4) is 0 Å². The topological polar surface area (TPSA) is 92.0 Å². The molecular formula is C18H24N2O5. The molecule has 0 amide bonds. The summed E-state index contributed by atoms with van der Waals surface area (Å²) in [7, 11) is 1.36. The molecule has 2 atom stereocenters. The summed E-state index contributed by atoms with van der Waals surface area (Å²) in [5, 5.41) is 18.8. The average Bonchev–Trinajstić information content (AvgIpc) is 2.61. The smallest absolute Gasteiger partial charge is 0.308 e. The van der Waals surface area contributed by atoms with Gasteiger partial charge in [-0.25, -0.2) is 0 Å². The van der Waals surface area contributed by atoms with Crippen LogP contribution in [0.2, 0.25) is 0 Å². The molecule has 1 fully saturated rings. The number of hydrogen-bond acceptors (Lipinski definition) is 7. The zero-order valence-electron chi connectivity index (χ0n) is 14.4. The zero-order valence-corrected chi connectivity index (χ0v) is 14.4. The molecule has 7 heteroatoms. The Balaban J connectivity index is 1.73. The number of carbonyl (C=O) groups excluding carboxylic acids is 1. The van der Waals surface area contributed by atoms with E-state index in [1.54, 1.807) is 12.1 Å². The summed E-state index contributed by atoms with van der Waals surface area (Å²) >= 11 is 0. The first kappa shape index (κ1) is 19.2. The number of benzene rings is 1. The van der Waals surface area contributed by atoms with Gasteiger partial charge in [0, 0.05) is 19.6 Å². The SMILES string of the molecule is COC(=O)CC1CN(CC(O)COc2ccc(CC#N)cc2)CCO1. The van der Waals surface area contributed by atoms with E-state index < -0.39 is 6.10 Å². The van der Waals surface area contributed by atoms with Crippen molar-refractivity contribution in [1.29, 1.82) is 5.26 Å². The lowest BCUT2D eigenvalue weighted by molar-refractivity contribution is -0.145. The van der Waals surface area contributed by atoms with Gasteiger partial charge in [0.15, 0.2) is 0 Å². The second kappa shape index (κ2) is 9.99. The highest BCUT2D eigenvalue weighted by atomic mass is 16.5. The number of carbonyl (C=O) groups is 1. The predicted octanol–water partition coefficient (Wildman–Crippen LogP) is 0.756. The minimum atomic E-state index is -0.643. The molecule has 25 heavy (non-hydrogen) atoms. The van der Waals surface area contributed by atoms with Crippen LogP contribution in [0, 0.1) is 11.3 Å². The molecule has 2 unspecified atom stereocenters. The van der Waals surface area contributed by atoms with Gasteiger partial charge in [-0.2, -0.15) is 5.26 Å². The number of aliphatic hydroxyl groups is 1. The molecule has 1 heterocycles. The first-order valence-corrected chi connectivity index (χ1v) is 8.28. The highest BCUT2D eigenvalue weighted by molar-refractivity contribution is 5.69. The van der Waals surface area contributed by atoms with E-state index in [1.165, 1.54) is 7.11 Å². The summed E-state index contributed by atoms with van der Waals surface area (Å²) in [6.45, 7) is 2.44. The molecule has 0 bridgehead atoms. The third-order valence-corrected chi connectivity index (χ3v) is 3.96. The highest BCUT2D eigenvalue weighted by Gasteiger charge is 2.24. The number of aliphatic hydroxyl groups excluding tert-OH is 1. The molecule has 0 aromatic heterocycles. The molecule has 0 saturated carbocycles. The molecule has 7 nitrogen and oxygen atoms in total. The van der Waals surface area contributed by atoms with Gasteiger partial charge in [0.1, 0.15) is 18.5 Å². The van der Waals surface area contributed by atoms with Crippen LogP contribution >= 0.6 is 0 Å². The molecule has 2 rings (SSSR count). The van der Waals surface area contributed by atoms with E-state index >= 15 is 0 Å². The maximum atomic E-state index is 11.3. The van der Waals surface area contributed by atoms with E-state index in [1.807, 2.05) is 12.1 Å². The van der Waals surface area contributed by atoms with Crippen molar-refractivity contribution in [3.8, 4) is 11.8 Å². The van der Waals surface area contributed by atoms with Crippen molar-refractivity contribution in [2.45, 2.75) is 25.0 Å². The van der Waals surface area contributed by atoms with Crippen molar-refractivity contribution < 1.29 is 24.1 Å². The second-order valence-electron chi connectivity index (χ2n) is 5.98. The van der Waals surface area contributed by atoms with Crippen molar-refractivity contribution >= 4 is 5.97 Å². The first-order valence-electron chi connectivity index (χ1n) is 8.28. The normalized spacial score (nSPS) is 19.0. The second-order valence-corrected chi connectivity index (χ2v) is 5.98. The first-order chi connectivity index (χ1) is 12.1. The summed E-state index contributed by atoms with van der Waals surface area (Å²) < 4.78 is 15.8. The van der Waals surface area contributed by atoms with Crippen LogP contribution in [0.15, 0.2) is 24.3 Å². The Morgan fingerprint density at radius 3 is 2.92 bits per heavy atom. The number of rotatable bonds is 8. The standard InChI is InChI=1S/C18H24N2O5/c1-23-18(22)10-17-12-20(8-9-24-17)11-15(21)13-25-16-4-2-14(3-5-16)6-7-19/h2-5,15,17,21H,6,8-13H2,1H3. The molecule has 1 aromatic carbocycles. The monoisotopic (exact) mass is 348 g/mol. The molecule has 1 aromatic rings. The Bertz CT molecular complexity index is 584. The van der Waals surface area contributed by atoms with Crippen molar-refractivity contribution in [3.63, 3.8) is 0 Å². The van der Waals surface area contributed by atoms with Gasteiger partial charge in [-0.3, -0.25) is 9.69 Å².